The van der Waals surface area contributed by atoms with Gasteiger partial charge in [-0.15, -0.1) is 0 Å². The van der Waals surface area contributed by atoms with Crippen LogP contribution in [0.3, 0.4) is 0 Å². The van der Waals surface area contributed by atoms with Gasteiger partial charge in [-0.25, -0.2) is 9.59 Å². The number of unbranched alkanes of at least 4 members (excludes halogenated alkanes) is 2. The number of carboxylic acids is 2. The molecule has 2 amide bonds. The van der Waals surface area contributed by atoms with Crippen molar-refractivity contribution in [1.82, 2.24) is 9.80 Å². The fourth-order valence-corrected chi connectivity index (χ4v) is 10.5. The van der Waals surface area contributed by atoms with E-state index in [9.17, 15) is 29.4 Å². The number of carbonyl (C=O) groups excluding carboxylic acids is 2. The predicted molar refractivity (Wildman–Crippen MR) is 161 cm³/mol. The third-order valence-corrected chi connectivity index (χ3v) is 12.8. The lowest BCUT2D eigenvalue weighted by Gasteiger charge is -2.25. The molecule has 0 aromatic carbocycles. The van der Waals surface area contributed by atoms with Gasteiger partial charge in [0.05, 0.1) is 0 Å². The molecule has 0 bridgehead atoms. The van der Waals surface area contributed by atoms with E-state index < -0.39 is 24.0 Å². The fourth-order valence-electron chi connectivity index (χ4n) is 4.77. The zero-order valence-corrected chi connectivity index (χ0v) is 26.1. The number of hydrogen-bond donors (Lipinski definition) is 2. The van der Waals surface area contributed by atoms with Crippen molar-refractivity contribution >= 4 is 66.9 Å². The molecular weight excluding hydrogens is 565 g/mol. The number of amides is 2. The number of likely N-dealkylation sites (tertiary alicyclic amines) is 2. The Labute approximate surface area is 243 Å². The molecule has 2 saturated heterocycles. The standard InChI is InChI=1S/C26H44N2O6S4/c1-4-5-6-9-20(38-37-17-19(3)24(30)28-14-8-11-22(28)26(33)34)12-15-35-36-16-18(2)23(29)27-13-7-10-21(27)25(31)32/h18-22H,4-17H2,1-3H3,(H,31,32)(H,33,34). The van der Waals surface area contributed by atoms with E-state index in [-0.39, 0.29) is 23.7 Å². The monoisotopic (exact) mass is 608 g/mol. The highest BCUT2D eigenvalue weighted by Crippen LogP contribution is 2.36. The van der Waals surface area contributed by atoms with Crippen molar-refractivity contribution in [2.45, 2.75) is 95.9 Å². The topological polar surface area (TPSA) is 115 Å². The summed E-state index contributed by atoms with van der Waals surface area (Å²) < 4.78 is 0. The number of hydrogen-bond acceptors (Lipinski definition) is 8. The van der Waals surface area contributed by atoms with E-state index in [1.54, 1.807) is 37.3 Å². The first-order valence-corrected chi connectivity index (χ1v) is 18.6. The zero-order valence-electron chi connectivity index (χ0n) is 22.8. The second-order valence-corrected chi connectivity index (χ2v) is 15.6. The van der Waals surface area contributed by atoms with Crippen LogP contribution in [0.4, 0.5) is 0 Å². The molecule has 0 aliphatic carbocycles. The first-order chi connectivity index (χ1) is 18.2. The van der Waals surface area contributed by atoms with E-state index in [1.807, 2.05) is 24.6 Å². The average molecular weight is 609 g/mol. The molecule has 0 spiro atoms. The van der Waals surface area contributed by atoms with Gasteiger partial charge >= 0.3 is 11.9 Å². The molecule has 5 unspecified atom stereocenters. The minimum atomic E-state index is -0.908. The Morgan fingerprint density at radius 1 is 0.789 bits per heavy atom. The summed E-state index contributed by atoms with van der Waals surface area (Å²) in [5, 5.41) is 19.2. The SMILES string of the molecule is CCCCCC(CCSSCC(C)C(=O)N1CCCC1C(=O)O)SSCC(C)C(=O)N1CCCC1C(=O)O. The Bertz CT molecular complexity index is 789. The highest BCUT2D eigenvalue weighted by Gasteiger charge is 2.36. The maximum atomic E-state index is 12.8. The molecule has 2 N–H and O–H groups in total. The Morgan fingerprint density at radius 2 is 1.32 bits per heavy atom. The zero-order chi connectivity index (χ0) is 28.1. The van der Waals surface area contributed by atoms with Crippen molar-refractivity contribution in [3.05, 3.63) is 0 Å². The van der Waals surface area contributed by atoms with Crippen molar-refractivity contribution in [1.29, 1.82) is 0 Å². The quantitative estimate of drug-likeness (QED) is 0.152. The molecule has 0 aromatic heterocycles. The van der Waals surface area contributed by atoms with Crippen molar-refractivity contribution in [2.75, 3.05) is 30.3 Å². The lowest BCUT2D eigenvalue weighted by molar-refractivity contribution is -0.149. The van der Waals surface area contributed by atoms with Crippen molar-refractivity contribution < 1.29 is 29.4 Å². The number of aliphatic carboxylic acids is 2. The van der Waals surface area contributed by atoms with Crippen LogP contribution in [-0.4, -0.2) is 91.4 Å². The molecule has 2 aliphatic rings. The minimum Gasteiger partial charge on any atom is -0.480 e. The molecule has 218 valence electrons. The van der Waals surface area contributed by atoms with Crippen molar-refractivity contribution in [3.8, 4) is 0 Å². The lowest BCUT2D eigenvalue weighted by Crippen LogP contribution is -2.43. The maximum Gasteiger partial charge on any atom is 0.326 e. The van der Waals surface area contributed by atoms with Crippen LogP contribution in [-0.2, 0) is 19.2 Å². The molecule has 2 fully saturated rings. The summed E-state index contributed by atoms with van der Waals surface area (Å²) in [5.74, 6) is -0.0141. The number of nitrogens with zero attached hydrogens (tertiary/aromatic N) is 2. The summed E-state index contributed by atoms with van der Waals surface area (Å²) in [6, 6.07) is -1.35. The van der Waals surface area contributed by atoms with Crippen LogP contribution in [0, 0.1) is 11.8 Å². The van der Waals surface area contributed by atoms with Gasteiger partial charge in [-0.3, -0.25) is 9.59 Å². The van der Waals surface area contributed by atoms with Crippen LogP contribution in [0.15, 0.2) is 0 Å². The summed E-state index contributed by atoms with van der Waals surface area (Å²) in [6.07, 6.45) is 8.32. The minimum absolute atomic E-state index is 0.0511. The maximum absolute atomic E-state index is 12.8. The Morgan fingerprint density at radius 3 is 1.82 bits per heavy atom. The van der Waals surface area contributed by atoms with Gasteiger partial charge in [-0.05, 0) is 38.5 Å². The molecule has 8 nitrogen and oxygen atoms in total. The predicted octanol–water partition coefficient (Wildman–Crippen LogP) is 5.51. The summed E-state index contributed by atoms with van der Waals surface area (Å²) >= 11 is 0. The van der Waals surface area contributed by atoms with Gasteiger partial charge in [0, 0.05) is 47.4 Å². The molecule has 2 heterocycles. The van der Waals surface area contributed by atoms with Crippen LogP contribution >= 0.6 is 43.2 Å². The van der Waals surface area contributed by atoms with E-state index in [0.29, 0.717) is 42.7 Å². The fraction of sp³-hybridized carbons (Fsp3) is 0.846. The Balaban J connectivity index is 1.70. The molecule has 2 rings (SSSR count). The summed E-state index contributed by atoms with van der Waals surface area (Å²) in [6.45, 7) is 7.05. The Hall–Kier alpha value is -0.720. The Kier molecular flexibility index (Phi) is 15.7. The smallest absolute Gasteiger partial charge is 0.326 e. The number of rotatable bonds is 18. The summed E-state index contributed by atoms with van der Waals surface area (Å²) in [4.78, 5) is 51.4. The highest BCUT2D eigenvalue weighted by molar-refractivity contribution is 8.77. The highest BCUT2D eigenvalue weighted by atomic mass is 33.1. The summed E-state index contributed by atoms with van der Waals surface area (Å²) in [7, 11) is 7.02. The molecule has 2 aliphatic heterocycles. The lowest BCUT2D eigenvalue weighted by atomic mass is 10.1. The van der Waals surface area contributed by atoms with Gasteiger partial charge < -0.3 is 20.0 Å². The number of carbonyl (C=O) groups is 4. The van der Waals surface area contributed by atoms with Crippen molar-refractivity contribution in [2.24, 2.45) is 11.8 Å². The average Bonchev–Trinajstić information content (AvgIpc) is 3.57. The van der Waals surface area contributed by atoms with E-state index in [4.69, 9.17) is 0 Å². The second-order valence-electron chi connectivity index (χ2n) is 10.3. The third-order valence-electron chi connectivity index (χ3n) is 7.06. The number of carboxylic acid groups (broad SMARTS) is 2. The van der Waals surface area contributed by atoms with Crippen LogP contribution in [0.5, 0.6) is 0 Å². The molecule has 0 aromatic rings. The molecule has 0 radical (unpaired) electrons. The van der Waals surface area contributed by atoms with Crippen LogP contribution in [0.25, 0.3) is 0 Å². The van der Waals surface area contributed by atoms with Gasteiger partial charge in [-0.2, -0.15) is 0 Å². The van der Waals surface area contributed by atoms with Gasteiger partial charge in [0.15, 0.2) is 0 Å². The van der Waals surface area contributed by atoms with Crippen LogP contribution in [0.2, 0.25) is 0 Å². The molecule has 38 heavy (non-hydrogen) atoms. The third kappa shape index (κ3) is 10.7. The van der Waals surface area contributed by atoms with E-state index >= 15 is 0 Å². The van der Waals surface area contributed by atoms with Gasteiger partial charge in [-0.1, -0.05) is 83.2 Å². The second kappa shape index (κ2) is 17.9. The first kappa shape index (κ1) is 33.5. The van der Waals surface area contributed by atoms with Gasteiger partial charge in [0.2, 0.25) is 11.8 Å². The first-order valence-electron chi connectivity index (χ1n) is 13.8. The largest absolute Gasteiger partial charge is 0.480 e. The van der Waals surface area contributed by atoms with Crippen LogP contribution in [0.1, 0.15) is 78.6 Å². The van der Waals surface area contributed by atoms with E-state index in [2.05, 4.69) is 6.92 Å². The van der Waals surface area contributed by atoms with E-state index in [1.165, 1.54) is 24.2 Å². The van der Waals surface area contributed by atoms with Crippen LogP contribution < -0.4 is 0 Å². The molecule has 5 atom stereocenters. The summed E-state index contributed by atoms with van der Waals surface area (Å²) in [5.41, 5.74) is 0. The van der Waals surface area contributed by atoms with E-state index in [0.717, 1.165) is 31.4 Å². The van der Waals surface area contributed by atoms with Gasteiger partial charge in [0.25, 0.3) is 0 Å². The molecular formula is C26H44N2O6S4. The molecule has 0 saturated carbocycles. The van der Waals surface area contributed by atoms with Crippen molar-refractivity contribution in [3.63, 3.8) is 0 Å². The normalized spacial score (nSPS) is 21.9. The van der Waals surface area contributed by atoms with Gasteiger partial charge in [0.1, 0.15) is 12.1 Å². The molecule has 12 heteroatoms.